The van der Waals surface area contributed by atoms with Crippen LogP contribution >= 0.6 is 0 Å². The van der Waals surface area contributed by atoms with Gasteiger partial charge in [-0.15, -0.1) is 0 Å². The van der Waals surface area contributed by atoms with E-state index in [1.807, 2.05) is 60.7 Å². The second kappa shape index (κ2) is 9.76. The summed E-state index contributed by atoms with van der Waals surface area (Å²) in [7, 11) is 0. The second-order valence-corrected chi connectivity index (χ2v) is 6.51. The van der Waals surface area contributed by atoms with Crippen molar-refractivity contribution in [1.29, 1.82) is 0 Å². The minimum atomic E-state index is -0.452. The number of aromatic nitrogens is 3. The maximum absolute atomic E-state index is 10.8. The van der Waals surface area contributed by atoms with E-state index in [4.69, 9.17) is 0 Å². The fourth-order valence-electron chi connectivity index (χ4n) is 2.69. The lowest BCUT2D eigenvalue weighted by Gasteiger charge is -2.10. The average Bonchev–Trinajstić information content (AvgIpc) is 2.81. The lowest BCUT2D eigenvalue weighted by Crippen LogP contribution is -2.07. The van der Waals surface area contributed by atoms with Crippen molar-refractivity contribution in [3.05, 3.63) is 101 Å². The number of hydrogen-bond acceptors (Lipinski definition) is 9. The SMILES string of the molecule is O=[N+]([O-])c1ccc(/C=N\Nc2nc(Nc3ccccc3)nc(Nc3ccccc3)n2)cc1. The average molecular weight is 426 g/mol. The topological polar surface area (TPSA) is 130 Å². The smallest absolute Gasteiger partial charge is 0.269 e. The number of anilines is 5. The first-order chi connectivity index (χ1) is 15.7. The van der Waals surface area contributed by atoms with Crippen LogP contribution in [0.3, 0.4) is 0 Å². The summed E-state index contributed by atoms with van der Waals surface area (Å²) in [6, 6.07) is 25.1. The van der Waals surface area contributed by atoms with Crippen molar-refractivity contribution in [2.24, 2.45) is 5.10 Å². The van der Waals surface area contributed by atoms with E-state index in [1.165, 1.54) is 18.3 Å². The molecule has 158 valence electrons. The highest BCUT2D eigenvalue weighted by atomic mass is 16.6. The molecule has 0 atom stereocenters. The predicted octanol–water partition coefficient (Wildman–Crippen LogP) is 4.71. The molecule has 4 aromatic rings. The molecule has 32 heavy (non-hydrogen) atoms. The van der Waals surface area contributed by atoms with Crippen LogP contribution in [0.2, 0.25) is 0 Å². The fourth-order valence-corrected chi connectivity index (χ4v) is 2.69. The number of nitro groups is 1. The van der Waals surface area contributed by atoms with Crippen molar-refractivity contribution < 1.29 is 4.92 Å². The van der Waals surface area contributed by atoms with Crippen LogP contribution in [0.5, 0.6) is 0 Å². The number of nitrogens with one attached hydrogen (secondary N) is 3. The Morgan fingerprint density at radius 1 is 0.719 bits per heavy atom. The van der Waals surface area contributed by atoms with Crippen LogP contribution in [0.1, 0.15) is 5.56 Å². The number of nitro benzene ring substituents is 1. The van der Waals surface area contributed by atoms with E-state index in [0.29, 0.717) is 17.5 Å². The zero-order chi connectivity index (χ0) is 22.2. The summed E-state index contributed by atoms with van der Waals surface area (Å²) in [4.78, 5) is 23.4. The summed E-state index contributed by atoms with van der Waals surface area (Å²) in [5.74, 6) is 0.880. The molecule has 0 radical (unpaired) electrons. The number of para-hydroxylation sites is 2. The first-order valence-corrected chi connectivity index (χ1v) is 9.59. The molecular weight excluding hydrogens is 408 g/mol. The minimum absolute atomic E-state index is 0.0147. The molecule has 10 nitrogen and oxygen atoms in total. The number of hydrazone groups is 1. The van der Waals surface area contributed by atoms with Gasteiger partial charge in [-0.1, -0.05) is 36.4 Å². The maximum Gasteiger partial charge on any atom is 0.269 e. The fraction of sp³-hybridized carbons (Fsp3) is 0. The Hall–Kier alpha value is -4.86. The van der Waals surface area contributed by atoms with Gasteiger partial charge in [-0.2, -0.15) is 20.1 Å². The molecule has 0 fully saturated rings. The van der Waals surface area contributed by atoms with Crippen molar-refractivity contribution >= 4 is 41.1 Å². The molecule has 0 saturated carbocycles. The van der Waals surface area contributed by atoms with Gasteiger partial charge in [0.05, 0.1) is 11.1 Å². The lowest BCUT2D eigenvalue weighted by atomic mass is 10.2. The van der Waals surface area contributed by atoms with Gasteiger partial charge in [0.15, 0.2) is 0 Å². The van der Waals surface area contributed by atoms with E-state index in [9.17, 15) is 10.1 Å². The third-order valence-electron chi connectivity index (χ3n) is 4.18. The first kappa shape index (κ1) is 20.4. The quantitative estimate of drug-likeness (QED) is 0.210. The Balaban J connectivity index is 1.54. The summed E-state index contributed by atoms with van der Waals surface area (Å²) in [5.41, 5.74) is 5.12. The monoisotopic (exact) mass is 426 g/mol. The highest BCUT2D eigenvalue weighted by molar-refractivity contribution is 5.80. The highest BCUT2D eigenvalue weighted by Crippen LogP contribution is 2.18. The summed E-state index contributed by atoms with van der Waals surface area (Å²) < 4.78 is 0. The summed E-state index contributed by atoms with van der Waals surface area (Å²) in [5, 5.41) is 21.2. The van der Waals surface area contributed by atoms with Gasteiger partial charge in [0.25, 0.3) is 5.69 Å². The Labute approximate surface area is 183 Å². The van der Waals surface area contributed by atoms with E-state index in [-0.39, 0.29) is 11.6 Å². The Bertz CT molecular complexity index is 1160. The molecule has 1 heterocycles. The molecular formula is C22H18N8O2. The van der Waals surface area contributed by atoms with E-state index < -0.39 is 4.92 Å². The molecule has 4 rings (SSSR count). The van der Waals surface area contributed by atoms with E-state index in [2.05, 4.69) is 36.1 Å². The molecule has 10 heteroatoms. The number of hydrogen-bond donors (Lipinski definition) is 3. The molecule has 1 aromatic heterocycles. The molecule has 0 spiro atoms. The molecule has 0 unspecified atom stereocenters. The third-order valence-corrected chi connectivity index (χ3v) is 4.18. The van der Waals surface area contributed by atoms with Gasteiger partial charge in [0.2, 0.25) is 17.8 Å². The molecule has 3 N–H and O–H groups in total. The largest absolute Gasteiger partial charge is 0.324 e. The van der Waals surface area contributed by atoms with Crippen LogP contribution in [0.15, 0.2) is 90.0 Å². The highest BCUT2D eigenvalue weighted by Gasteiger charge is 2.08. The third kappa shape index (κ3) is 5.60. The summed E-state index contributed by atoms with van der Waals surface area (Å²) in [6.45, 7) is 0. The minimum Gasteiger partial charge on any atom is -0.324 e. The van der Waals surface area contributed by atoms with E-state index >= 15 is 0 Å². The van der Waals surface area contributed by atoms with Gasteiger partial charge in [-0.05, 0) is 42.0 Å². The van der Waals surface area contributed by atoms with E-state index in [1.54, 1.807) is 12.1 Å². The molecule has 0 aliphatic heterocycles. The number of nitrogens with zero attached hydrogens (tertiary/aromatic N) is 5. The van der Waals surface area contributed by atoms with Gasteiger partial charge in [-0.25, -0.2) is 5.43 Å². The predicted molar refractivity (Wildman–Crippen MR) is 124 cm³/mol. The Morgan fingerprint density at radius 2 is 1.22 bits per heavy atom. The Kier molecular flexibility index (Phi) is 6.23. The van der Waals surface area contributed by atoms with Gasteiger partial charge >= 0.3 is 0 Å². The van der Waals surface area contributed by atoms with Gasteiger partial charge in [-0.3, -0.25) is 10.1 Å². The van der Waals surface area contributed by atoms with Crippen LogP contribution in [0.25, 0.3) is 0 Å². The molecule has 0 aliphatic carbocycles. The van der Waals surface area contributed by atoms with Crippen LogP contribution < -0.4 is 16.1 Å². The van der Waals surface area contributed by atoms with Crippen LogP contribution in [0, 0.1) is 10.1 Å². The Morgan fingerprint density at radius 3 is 1.72 bits per heavy atom. The zero-order valence-corrected chi connectivity index (χ0v) is 16.7. The van der Waals surface area contributed by atoms with Crippen molar-refractivity contribution in [3.63, 3.8) is 0 Å². The lowest BCUT2D eigenvalue weighted by molar-refractivity contribution is -0.384. The summed E-state index contributed by atoms with van der Waals surface area (Å²) in [6.07, 6.45) is 1.52. The van der Waals surface area contributed by atoms with Gasteiger partial charge < -0.3 is 10.6 Å². The molecule has 0 saturated heterocycles. The van der Waals surface area contributed by atoms with Crippen molar-refractivity contribution in [3.8, 4) is 0 Å². The van der Waals surface area contributed by atoms with E-state index in [0.717, 1.165) is 11.4 Å². The number of rotatable bonds is 8. The normalized spacial score (nSPS) is 10.6. The van der Waals surface area contributed by atoms with Crippen molar-refractivity contribution in [1.82, 2.24) is 15.0 Å². The summed E-state index contributed by atoms with van der Waals surface area (Å²) >= 11 is 0. The maximum atomic E-state index is 10.8. The van der Waals surface area contributed by atoms with Crippen LogP contribution in [-0.4, -0.2) is 26.1 Å². The van der Waals surface area contributed by atoms with Crippen molar-refractivity contribution in [2.45, 2.75) is 0 Å². The first-order valence-electron chi connectivity index (χ1n) is 9.59. The molecule has 0 aliphatic rings. The number of benzene rings is 3. The molecule has 3 aromatic carbocycles. The van der Waals surface area contributed by atoms with Gasteiger partial charge in [0, 0.05) is 23.5 Å². The van der Waals surface area contributed by atoms with Gasteiger partial charge in [0.1, 0.15) is 0 Å². The van der Waals surface area contributed by atoms with Crippen molar-refractivity contribution in [2.75, 3.05) is 16.1 Å². The zero-order valence-electron chi connectivity index (χ0n) is 16.7. The van der Waals surface area contributed by atoms with Crippen LogP contribution in [-0.2, 0) is 0 Å². The number of non-ortho nitro benzene ring substituents is 1. The molecule has 0 amide bonds. The second-order valence-electron chi connectivity index (χ2n) is 6.51. The standard InChI is InChI=1S/C22H18N8O2/c31-30(32)19-13-11-16(12-14-19)15-23-29-22-27-20(24-17-7-3-1-4-8-17)26-21(28-22)25-18-9-5-2-6-10-18/h1-15H,(H3,24,25,26,27,28,29)/b23-15-. The molecule has 0 bridgehead atoms. The van der Waals surface area contributed by atoms with Crippen LogP contribution in [0.4, 0.5) is 34.9 Å².